The molecule has 2 aromatic rings. The van der Waals surface area contributed by atoms with Crippen LogP contribution >= 0.6 is 23.2 Å². The minimum atomic E-state index is -0.968. The Labute approximate surface area is 145 Å². The summed E-state index contributed by atoms with van der Waals surface area (Å²) in [5.74, 6) is -0.120. The number of ketones is 1. The lowest BCUT2D eigenvalue weighted by atomic mass is 9.77. The van der Waals surface area contributed by atoms with Crippen molar-refractivity contribution in [2.24, 2.45) is 0 Å². The minimum absolute atomic E-state index is 0.120. The zero-order chi connectivity index (χ0) is 16.8. The SMILES string of the molecule is CC1(C)OB(O)c2cc(CC(=O)c3cccc(Cl)c3Cl)ccc21. The van der Waals surface area contributed by atoms with Gasteiger partial charge in [0.25, 0.3) is 0 Å². The first-order valence-corrected chi connectivity index (χ1v) is 8.01. The van der Waals surface area contributed by atoms with Gasteiger partial charge in [-0.05, 0) is 42.6 Å². The predicted octanol–water partition coefficient (Wildman–Crippen LogP) is 3.37. The number of Topliss-reactive ketones (excluding diaryl/α,β-unsaturated/α-hetero) is 1. The van der Waals surface area contributed by atoms with Crippen LogP contribution in [0.15, 0.2) is 36.4 Å². The third-order valence-electron chi connectivity index (χ3n) is 4.05. The van der Waals surface area contributed by atoms with Gasteiger partial charge in [0.2, 0.25) is 0 Å². The van der Waals surface area contributed by atoms with Gasteiger partial charge >= 0.3 is 7.12 Å². The van der Waals surface area contributed by atoms with Gasteiger partial charge in [-0.2, -0.15) is 0 Å². The molecule has 0 fully saturated rings. The quantitative estimate of drug-likeness (QED) is 0.683. The second-order valence-corrected chi connectivity index (χ2v) is 6.89. The first-order chi connectivity index (χ1) is 10.8. The molecule has 3 rings (SSSR count). The Bertz CT molecular complexity index is 789. The smallest absolute Gasteiger partial charge is 0.423 e. The van der Waals surface area contributed by atoms with Gasteiger partial charge in [0.05, 0.1) is 15.6 Å². The number of carbonyl (C=O) groups excluding carboxylic acids is 1. The summed E-state index contributed by atoms with van der Waals surface area (Å²) in [6.45, 7) is 3.80. The Balaban J connectivity index is 1.89. The molecule has 23 heavy (non-hydrogen) atoms. The molecule has 1 heterocycles. The molecule has 0 bridgehead atoms. The monoisotopic (exact) mass is 348 g/mol. The van der Waals surface area contributed by atoms with Gasteiger partial charge in [-0.3, -0.25) is 4.79 Å². The maximum atomic E-state index is 12.5. The molecule has 2 aromatic carbocycles. The average molecular weight is 349 g/mol. The molecule has 0 spiro atoms. The summed E-state index contributed by atoms with van der Waals surface area (Å²) in [4.78, 5) is 12.5. The van der Waals surface area contributed by atoms with E-state index in [1.54, 1.807) is 18.2 Å². The molecular formula is C17H15BCl2O3. The molecule has 0 saturated carbocycles. The van der Waals surface area contributed by atoms with Crippen LogP contribution in [0.5, 0.6) is 0 Å². The van der Waals surface area contributed by atoms with Crippen LogP contribution in [0.2, 0.25) is 10.0 Å². The van der Waals surface area contributed by atoms with E-state index in [2.05, 4.69) is 0 Å². The van der Waals surface area contributed by atoms with E-state index in [0.717, 1.165) is 11.1 Å². The lowest BCUT2D eigenvalue weighted by Gasteiger charge is -2.19. The van der Waals surface area contributed by atoms with Crippen molar-refractivity contribution in [2.75, 3.05) is 0 Å². The first kappa shape index (κ1) is 16.5. The highest BCUT2D eigenvalue weighted by Gasteiger charge is 2.40. The van der Waals surface area contributed by atoms with Crippen LogP contribution < -0.4 is 5.46 Å². The number of rotatable bonds is 3. The Kier molecular flexibility index (Phi) is 4.28. The molecule has 0 radical (unpaired) electrons. The average Bonchev–Trinajstić information content (AvgIpc) is 2.71. The molecule has 0 amide bonds. The van der Waals surface area contributed by atoms with Crippen LogP contribution in [0.1, 0.15) is 35.3 Å². The number of halogens is 2. The number of carbonyl (C=O) groups is 1. The second kappa shape index (κ2) is 5.95. The summed E-state index contributed by atoms with van der Waals surface area (Å²) in [5.41, 5.74) is 2.30. The lowest BCUT2D eigenvalue weighted by Crippen LogP contribution is -2.29. The first-order valence-electron chi connectivity index (χ1n) is 7.26. The number of hydrogen-bond donors (Lipinski definition) is 1. The predicted molar refractivity (Wildman–Crippen MR) is 92.7 cm³/mol. The van der Waals surface area contributed by atoms with Gasteiger partial charge in [0.15, 0.2) is 5.78 Å². The van der Waals surface area contributed by atoms with Gasteiger partial charge < -0.3 is 9.68 Å². The van der Waals surface area contributed by atoms with Crippen LogP contribution in [0.3, 0.4) is 0 Å². The maximum Gasteiger partial charge on any atom is 0.492 e. The van der Waals surface area contributed by atoms with E-state index in [9.17, 15) is 9.82 Å². The van der Waals surface area contributed by atoms with Crippen molar-refractivity contribution < 1.29 is 14.5 Å². The van der Waals surface area contributed by atoms with Crippen molar-refractivity contribution >= 4 is 41.6 Å². The molecule has 0 atom stereocenters. The Morgan fingerprint density at radius 1 is 1.26 bits per heavy atom. The molecule has 0 aromatic heterocycles. The molecular weight excluding hydrogens is 334 g/mol. The normalized spacial score (nSPS) is 15.6. The van der Waals surface area contributed by atoms with Gasteiger partial charge in [0.1, 0.15) is 0 Å². The van der Waals surface area contributed by atoms with E-state index in [-0.39, 0.29) is 17.2 Å². The van der Waals surface area contributed by atoms with Crippen molar-refractivity contribution in [3.05, 3.63) is 63.1 Å². The summed E-state index contributed by atoms with van der Waals surface area (Å²) in [5, 5.41) is 10.7. The topological polar surface area (TPSA) is 46.5 Å². The van der Waals surface area contributed by atoms with Crippen molar-refractivity contribution in [3.8, 4) is 0 Å². The van der Waals surface area contributed by atoms with E-state index >= 15 is 0 Å². The number of fused-ring (bicyclic) bond motifs is 1. The van der Waals surface area contributed by atoms with E-state index in [1.165, 1.54) is 0 Å². The van der Waals surface area contributed by atoms with Crippen LogP contribution in [0.4, 0.5) is 0 Å². The molecule has 6 heteroatoms. The number of benzene rings is 2. The van der Waals surface area contributed by atoms with E-state index in [1.807, 2.05) is 32.0 Å². The minimum Gasteiger partial charge on any atom is -0.423 e. The molecule has 3 nitrogen and oxygen atoms in total. The zero-order valence-electron chi connectivity index (χ0n) is 12.8. The van der Waals surface area contributed by atoms with Crippen molar-refractivity contribution in [2.45, 2.75) is 25.9 Å². The fraction of sp³-hybridized carbons (Fsp3) is 0.235. The fourth-order valence-corrected chi connectivity index (χ4v) is 3.29. The number of hydrogen-bond acceptors (Lipinski definition) is 3. The highest BCUT2D eigenvalue weighted by atomic mass is 35.5. The lowest BCUT2D eigenvalue weighted by molar-refractivity contribution is 0.0991. The summed E-state index contributed by atoms with van der Waals surface area (Å²) in [6.07, 6.45) is 0.181. The molecule has 118 valence electrons. The molecule has 0 unspecified atom stereocenters. The van der Waals surface area contributed by atoms with Crippen LogP contribution in [0.25, 0.3) is 0 Å². The fourth-order valence-electron chi connectivity index (χ4n) is 2.88. The largest absolute Gasteiger partial charge is 0.492 e. The highest BCUT2D eigenvalue weighted by molar-refractivity contribution is 6.62. The summed E-state index contributed by atoms with van der Waals surface area (Å²) < 4.78 is 5.53. The molecule has 1 N–H and O–H groups in total. The Morgan fingerprint density at radius 3 is 2.74 bits per heavy atom. The molecule has 1 aliphatic rings. The summed E-state index contributed by atoms with van der Waals surface area (Å²) >= 11 is 12.1. The molecule has 0 aliphatic carbocycles. The highest BCUT2D eigenvalue weighted by Crippen LogP contribution is 2.30. The molecule has 1 aliphatic heterocycles. The van der Waals surface area contributed by atoms with Crippen molar-refractivity contribution in [1.82, 2.24) is 0 Å². The Morgan fingerprint density at radius 2 is 2.00 bits per heavy atom. The van der Waals surface area contributed by atoms with Crippen molar-refractivity contribution in [3.63, 3.8) is 0 Å². The third-order valence-corrected chi connectivity index (χ3v) is 4.87. The molecule has 0 saturated heterocycles. The summed E-state index contributed by atoms with van der Waals surface area (Å²) in [6, 6.07) is 10.6. The van der Waals surface area contributed by atoms with E-state index < -0.39 is 12.7 Å². The van der Waals surface area contributed by atoms with Gasteiger partial charge in [-0.25, -0.2) is 0 Å². The van der Waals surface area contributed by atoms with Crippen LogP contribution in [-0.4, -0.2) is 17.9 Å². The van der Waals surface area contributed by atoms with Gasteiger partial charge in [-0.15, -0.1) is 0 Å². The van der Waals surface area contributed by atoms with Crippen molar-refractivity contribution in [1.29, 1.82) is 0 Å². The van der Waals surface area contributed by atoms with Gasteiger partial charge in [0, 0.05) is 12.0 Å². The van der Waals surface area contributed by atoms with Crippen LogP contribution in [-0.2, 0) is 16.7 Å². The Hall–Kier alpha value is -1.33. The zero-order valence-corrected chi connectivity index (χ0v) is 14.3. The maximum absolute atomic E-state index is 12.5. The summed E-state index contributed by atoms with van der Waals surface area (Å²) in [7, 11) is -0.968. The van der Waals surface area contributed by atoms with Gasteiger partial charge in [-0.1, -0.05) is 47.5 Å². The third kappa shape index (κ3) is 3.04. The standard InChI is InChI=1S/C17H15BCl2O3/c1-17(2)12-7-6-10(8-13(12)18(22)23-17)9-15(21)11-4-3-5-14(19)16(11)20/h3-8,22H,9H2,1-2H3. The van der Waals surface area contributed by atoms with E-state index in [0.29, 0.717) is 16.0 Å². The second-order valence-electron chi connectivity index (χ2n) is 6.10. The van der Waals surface area contributed by atoms with E-state index in [4.69, 9.17) is 27.9 Å². The van der Waals surface area contributed by atoms with Crippen LogP contribution in [0, 0.1) is 0 Å².